The first-order chi connectivity index (χ1) is 11.3. The molecule has 3 rings (SSSR count). The van der Waals surface area contributed by atoms with E-state index in [1.807, 2.05) is 47.5 Å². The summed E-state index contributed by atoms with van der Waals surface area (Å²) < 4.78 is 1.98. The number of pyridine rings is 1. The third kappa shape index (κ3) is 4.27. The van der Waals surface area contributed by atoms with Crippen molar-refractivity contribution in [3.05, 3.63) is 72.7 Å². The van der Waals surface area contributed by atoms with Gasteiger partial charge in [0.2, 0.25) is 0 Å². The van der Waals surface area contributed by atoms with Crippen LogP contribution in [0.15, 0.2) is 67.1 Å². The number of likely N-dealkylation sites (N-methyl/N-ethyl adjacent to an activating group) is 1. The first-order valence-corrected chi connectivity index (χ1v) is 8.05. The molecule has 0 spiro atoms. The van der Waals surface area contributed by atoms with Crippen molar-refractivity contribution in [3.8, 4) is 11.3 Å². The number of aromatic nitrogens is 3. The first-order valence-electron chi connectivity index (χ1n) is 8.05. The largest absolute Gasteiger partial charge is 0.298 e. The van der Waals surface area contributed by atoms with Crippen molar-refractivity contribution in [2.24, 2.45) is 0 Å². The summed E-state index contributed by atoms with van der Waals surface area (Å²) in [6, 6.07) is 16.7. The predicted octanol–water partition coefficient (Wildman–Crippen LogP) is 3.47. The summed E-state index contributed by atoms with van der Waals surface area (Å²) in [5.74, 6) is 0. The Labute approximate surface area is 137 Å². The molecule has 0 atom stereocenters. The number of hydrogen-bond acceptors (Lipinski definition) is 3. The molecular weight excluding hydrogens is 284 g/mol. The molecule has 4 nitrogen and oxygen atoms in total. The van der Waals surface area contributed by atoms with Crippen LogP contribution in [0.4, 0.5) is 0 Å². The normalized spacial score (nSPS) is 11.0. The van der Waals surface area contributed by atoms with Crippen molar-refractivity contribution in [1.29, 1.82) is 0 Å². The Balaban J connectivity index is 1.60. The lowest BCUT2D eigenvalue weighted by Gasteiger charge is -2.20. The Kier molecular flexibility index (Phi) is 5.17. The Morgan fingerprint density at radius 1 is 1.00 bits per heavy atom. The van der Waals surface area contributed by atoms with Crippen LogP contribution in [0.3, 0.4) is 0 Å². The van der Waals surface area contributed by atoms with Gasteiger partial charge < -0.3 is 0 Å². The maximum atomic E-state index is 4.39. The zero-order chi connectivity index (χ0) is 15.9. The monoisotopic (exact) mass is 306 g/mol. The molecule has 2 aromatic heterocycles. The third-order valence-corrected chi connectivity index (χ3v) is 3.97. The molecule has 0 N–H and O–H groups in total. The van der Waals surface area contributed by atoms with E-state index < -0.39 is 0 Å². The first kappa shape index (κ1) is 15.4. The molecule has 4 heteroatoms. The van der Waals surface area contributed by atoms with Crippen LogP contribution in [0.2, 0.25) is 0 Å². The van der Waals surface area contributed by atoms with Gasteiger partial charge in [0.15, 0.2) is 0 Å². The van der Waals surface area contributed by atoms with Crippen LogP contribution in [0.25, 0.3) is 11.3 Å². The van der Waals surface area contributed by atoms with Crippen LogP contribution < -0.4 is 0 Å². The molecule has 0 aliphatic heterocycles. The van der Waals surface area contributed by atoms with Crippen molar-refractivity contribution in [2.75, 3.05) is 13.1 Å². The lowest BCUT2D eigenvalue weighted by Crippen LogP contribution is -2.27. The number of nitrogens with zero attached hydrogens (tertiary/aromatic N) is 4. The molecule has 0 saturated heterocycles. The maximum absolute atomic E-state index is 4.39. The summed E-state index contributed by atoms with van der Waals surface area (Å²) in [6.45, 7) is 6.11. The second-order valence-electron chi connectivity index (χ2n) is 5.55. The molecule has 3 aromatic rings. The SMILES string of the molecule is CCN(CCn1cccn1)Cc1ccc(-c2ccccn2)cc1. The van der Waals surface area contributed by atoms with Gasteiger partial charge in [-0.2, -0.15) is 5.10 Å². The molecule has 118 valence electrons. The highest BCUT2D eigenvalue weighted by Crippen LogP contribution is 2.17. The van der Waals surface area contributed by atoms with Crippen molar-refractivity contribution < 1.29 is 0 Å². The van der Waals surface area contributed by atoms with E-state index in [0.29, 0.717) is 0 Å². The molecule has 0 aliphatic rings. The minimum Gasteiger partial charge on any atom is -0.298 e. The number of benzene rings is 1. The van der Waals surface area contributed by atoms with Gasteiger partial charge in [0.05, 0.1) is 12.2 Å². The van der Waals surface area contributed by atoms with E-state index >= 15 is 0 Å². The van der Waals surface area contributed by atoms with E-state index in [2.05, 4.69) is 46.2 Å². The van der Waals surface area contributed by atoms with E-state index in [1.54, 1.807) is 0 Å². The molecular formula is C19H22N4. The lowest BCUT2D eigenvalue weighted by molar-refractivity contribution is 0.263. The van der Waals surface area contributed by atoms with Gasteiger partial charge in [-0.3, -0.25) is 14.6 Å². The summed E-state index contributed by atoms with van der Waals surface area (Å²) in [4.78, 5) is 6.82. The van der Waals surface area contributed by atoms with E-state index in [4.69, 9.17) is 0 Å². The third-order valence-electron chi connectivity index (χ3n) is 3.97. The average molecular weight is 306 g/mol. The fraction of sp³-hybridized carbons (Fsp3) is 0.263. The Morgan fingerprint density at radius 2 is 1.87 bits per heavy atom. The second kappa shape index (κ2) is 7.70. The van der Waals surface area contributed by atoms with Gasteiger partial charge in [-0.25, -0.2) is 0 Å². The Morgan fingerprint density at radius 3 is 2.52 bits per heavy atom. The predicted molar refractivity (Wildman–Crippen MR) is 92.9 cm³/mol. The summed E-state index contributed by atoms with van der Waals surface area (Å²) in [7, 11) is 0. The highest BCUT2D eigenvalue weighted by atomic mass is 15.3. The van der Waals surface area contributed by atoms with Crippen LogP contribution in [0.5, 0.6) is 0 Å². The fourth-order valence-corrected chi connectivity index (χ4v) is 2.60. The number of rotatable bonds is 7. The number of hydrogen-bond donors (Lipinski definition) is 0. The smallest absolute Gasteiger partial charge is 0.0701 e. The minimum absolute atomic E-state index is 0.923. The van der Waals surface area contributed by atoms with Crippen molar-refractivity contribution in [2.45, 2.75) is 20.0 Å². The van der Waals surface area contributed by atoms with Crippen LogP contribution in [0, 0.1) is 0 Å². The van der Waals surface area contributed by atoms with Crippen LogP contribution >= 0.6 is 0 Å². The van der Waals surface area contributed by atoms with E-state index in [1.165, 1.54) is 5.56 Å². The van der Waals surface area contributed by atoms with E-state index in [9.17, 15) is 0 Å². The quantitative estimate of drug-likeness (QED) is 0.670. The average Bonchev–Trinajstić information content (AvgIpc) is 3.13. The van der Waals surface area contributed by atoms with Crippen LogP contribution in [-0.4, -0.2) is 32.8 Å². The zero-order valence-corrected chi connectivity index (χ0v) is 13.5. The molecule has 1 aromatic carbocycles. The maximum Gasteiger partial charge on any atom is 0.0701 e. The van der Waals surface area contributed by atoms with E-state index in [-0.39, 0.29) is 0 Å². The van der Waals surface area contributed by atoms with Crippen molar-refractivity contribution in [1.82, 2.24) is 19.7 Å². The Hall–Kier alpha value is -2.46. The van der Waals surface area contributed by atoms with Gasteiger partial charge in [0.1, 0.15) is 0 Å². The summed E-state index contributed by atoms with van der Waals surface area (Å²) in [6.07, 6.45) is 5.67. The molecule has 23 heavy (non-hydrogen) atoms. The fourth-order valence-electron chi connectivity index (χ4n) is 2.60. The summed E-state index contributed by atoms with van der Waals surface area (Å²) >= 11 is 0. The molecule has 0 saturated carbocycles. The highest BCUT2D eigenvalue weighted by Gasteiger charge is 2.05. The second-order valence-corrected chi connectivity index (χ2v) is 5.55. The van der Waals surface area contributed by atoms with Crippen molar-refractivity contribution in [3.63, 3.8) is 0 Å². The Bertz CT molecular complexity index is 690. The molecule has 0 amide bonds. The summed E-state index contributed by atoms with van der Waals surface area (Å²) in [5, 5.41) is 4.26. The lowest BCUT2D eigenvalue weighted by atomic mass is 10.1. The molecule has 0 radical (unpaired) electrons. The summed E-state index contributed by atoms with van der Waals surface area (Å²) in [5.41, 5.74) is 3.51. The highest BCUT2D eigenvalue weighted by molar-refractivity contribution is 5.58. The molecule has 2 heterocycles. The van der Waals surface area contributed by atoms with Gasteiger partial charge in [-0.05, 0) is 30.3 Å². The topological polar surface area (TPSA) is 34.0 Å². The van der Waals surface area contributed by atoms with Gasteiger partial charge in [0.25, 0.3) is 0 Å². The molecule has 0 bridgehead atoms. The van der Waals surface area contributed by atoms with Gasteiger partial charge in [0, 0.05) is 37.2 Å². The van der Waals surface area contributed by atoms with Gasteiger partial charge >= 0.3 is 0 Å². The zero-order valence-electron chi connectivity index (χ0n) is 13.5. The molecule has 0 unspecified atom stereocenters. The standard InChI is InChI=1S/C19H22N4/c1-2-22(14-15-23-13-5-12-21-23)16-17-7-9-18(10-8-17)19-6-3-4-11-20-19/h3-13H,2,14-16H2,1H3. The minimum atomic E-state index is 0.923. The van der Waals surface area contributed by atoms with E-state index in [0.717, 1.165) is 37.4 Å². The van der Waals surface area contributed by atoms with Gasteiger partial charge in [-0.15, -0.1) is 0 Å². The van der Waals surface area contributed by atoms with Crippen LogP contribution in [0.1, 0.15) is 12.5 Å². The van der Waals surface area contributed by atoms with Gasteiger partial charge in [-0.1, -0.05) is 37.3 Å². The molecule has 0 aliphatic carbocycles. The van der Waals surface area contributed by atoms with Crippen molar-refractivity contribution >= 4 is 0 Å². The van der Waals surface area contributed by atoms with Crippen LogP contribution in [-0.2, 0) is 13.1 Å². The molecule has 0 fully saturated rings.